The molecule has 1 aliphatic carbocycles. The van der Waals surface area contributed by atoms with Gasteiger partial charge in [-0.05, 0) is 6.42 Å². The molecule has 0 aromatic heterocycles. The third-order valence-corrected chi connectivity index (χ3v) is 1.82. The summed E-state index contributed by atoms with van der Waals surface area (Å²) in [6.07, 6.45) is 12.5. The highest BCUT2D eigenvalue weighted by atomic mass is 14.0. The van der Waals surface area contributed by atoms with Crippen molar-refractivity contribution in [3.63, 3.8) is 0 Å². The van der Waals surface area contributed by atoms with Gasteiger partial charge in [0.05, 0.1) is 0 Å². The summed E-state index contributed by atoms with van der Waals surface area (Å²) in [6, 6.07) is 0. The minimum Gasteiger partial charge on any atom is -0.344 e. The van der Waals surface area contributed by atoms with Crippen LogP contribution in [0.5, 0.6) is 0 Å². The fourth-order valence-electron chi connectivity index (χ4n) is 1.25. The predicted molar refractivity (Wildman–Crippen MR) is 46.7 cm³/mol. The van der Waals surface area contributed by atoms with E-state index >= 15 is 0 Å². The van der Waals surface area contributed by atoms with Crippen LogP contribution in [0.25, 0.3) is 0 Å². The molecule has 0 bridgehead atoms. The molecule has 1 rings (SSSR count). The first-order valence-electron chi connectivity index (χ1n) is 3.82. The van der Waals surface area contributed by atoms with E-state index in [4.69, 9.17) is 0 Å². The van der Waals surface area contributed by atoms with Crippen molar-refractivity contribution in [3.05, 3.63) is 6.42 Å². The number of rotatable bonds is 0. The van der Waals surface area contributed by atoms with Crippen LogP contribution in [0.3, 0.4) is 0 Å². The first-order valence-corrected chi connectivity index (χ1v) is 3.82. The molecule has 0 spiro atoms. The topological polar surface area (TPSA) is 70.0 Å². The summed E-state index contributed by atoms with van der Waals surface area (Å²) in [5.41, 5.74) is 0. The van der Waals surface area contributed by atoms with Crippen molar-refractivity contribution in [1.82, 2.24) is 12.3 Å². The highest BCUT2D eigenvalue weighted by Gasteiger charge is 1.95. The molecule has 0 saturated heterocycles. The van der Waals surface area contributed by atoms with E-state index in [1.807, 2.05) is 0 Å². The summed E-state index contributed by atoms with van der Waals surface area (Å²) in [4.78, 5) is 0. The third-order valence-electron chi connectivity index (χ3n) is 1.82. The Morgan fingerprint density at radius 1 is 0.600 bits per heavy atom. The number of hydrogen-bond donors (Lipinski definition) is 2. The van der Waals surface area contributed by atoms with Gasteiger partial charge in [0.25, 0.3) is 0 Å². The standard InChI is InChI=1S/C8H15.2H3N/c1-2-4-6-8-7-5-3-1;;/h1H,2-8H2;2*1H3. The van der Waals surface area contributed by atoms with Gasteiger partial charge in [0.15, 0.2) is 0 Å². The second-order valence-electron chi connectivity index (χ2n) is 2.63. The van der Waals surface area contributed by atoms with Crippen molar-refractivity contribution in [3.8, 4) is 0 Å². The van der Waals surface area contributed by atoms with Gasteiger partial charge >= 0.3 is 0 Å². The molecule has 0 heterocycles. The van der Waals surface area contributed by atoms with E-state index in [0.29, 0.717) is 0 Å². The second kappa shape index (κ2) is 8.92. The van der Waals surface area contributed by atoms with Gasteiger partial charge in [-0.3, -0.25) is 0 Å². The molecule has 63 valence electrons. The van der Waals surface area contributed by atoms with Crippen molar-refractivity contribution >= 4 is 0 Å². The van der Waals surface area contributed by atoms with Crippen LogP contribution < -0.4 is 12.3 Å². The van der Waals surface area contributed by atoms with Crippen LogP contribution in [0, 0.1) is 6.42 Å². The van der Waals surface area contributed by atoms with Crippen molar-refractivity contribution < 1.29 is 0 Å². The Labute approximate surface area is 64.6 Å². The zero-order valence-corrected chi connectivity index (χ0v) is 6.94. The maximum atomic E-state index is 2.44. The lowest BCUT2D eigenvalue weighted by Gasteiger charge is -2.05. The molecular weight excluding hydrogens is 124 g/mol. The van der Waals surface area contributed by atoms with E-state index in [0.717, 1.165) is 0 Å². The average Bonchev–Trinajstić information content (AvgIpc) is 1.62. The number of hydrogen-bond acceptors (Lipinski definition) is 2. The zero-order chi connectivity index (χ0) is 5.66. The molecule has 0 unspecified atom stereocenters. The lowest BCUT2D eigenvalue weighted by Crippen LogP contribution is -1.86. The van der Waals surface area contributed by atoms with Crippen LogP contribution in [-0.4, -0.2) is 0 Å². The Morgan fingerprint density at radius 3 is 1.50 bits per heavy atom. The molecule has 1 radical (unpaired) electrons. The molecular formula is C8H21N2. The van der Waals surface area contributed by atoms with E-state index < -0.39 is 0 Å². The van der Waals surface area contributed by atoms with Crippen molar-refractivity contribution in [2.24, 2.45) is 0 Å². The van der Waals surface area contributed by atoms with Crippen LogP contribution in [0.15, 0.2) is 0 Å². The third kappa shape index (κ3) is 6.05. The summed E-state index contributed by atoms with van der Waals surface area (Å²) >= 11 is 0. The maximum absolute atomic E-state index is 2.44. The Balaban J connectivity index is 0. The zero-order valence-electron chi connectivity index (χ0n) is 6.94. The molecule has 0 atom stereocenters. The summed E-state index contributed by atoms with van der Waals surface area (Å²) < 4.78 is 0. The van der Waals surface area contributed by atoms with Crippen LogP contribution in [0.2, 0.25) is 0 Å². The Morgan fingerprint density at radius 2 is 1.00 bits per heavy atom. The molecule has 1 aliphatic rings. The largest absolute Gasteiger partial charge is 0.344 e. The minimum absolute atomic E-state index is 0. The molecule has 0 aliphatic heterocycles. The molecule has 1 fully saturated rings. The fourth-order valence-corrected chi connectivity index (χ4v) is 1.25. The van der Waals surface area contributed by atoms with Gasteiger partial charge in [0, 0.05) is 0 Å². The van der Waals surface area contributed by atoms with Crippen LogP contribution in [-0.2, 0) is 0 Å². The van der Waals surface area contributed by atoms with Gasteiger partial charge in [0.1, 0.15) is 0 Å². The molecule has 0 aromatic rings. The molecule has 0 amide bonds. The van der Waals surface area contributed by atoms with Crippen LogP contribution in [0.1, 0.15) is 44.9 Å². The SMILES string of the molecule is N.N.[CH]1CCCCCCC1. The van der Waals surface area contributed by atoms with Gasteiger partial charge in [-0.1, -0.05) is 44.9 Å². The Bertz CT molecular complexity index is 31.2. The molecule has 10 heavy (non-hydrogen) atoms. The minimum atomic E-state index is 0. The Kier molecular flexibility index (Phi) is 11.2. The molecule has 2 heteroatoms. The first kappa shape index (κ1) is 12.6. The monoisotopic (exact) mass is 145 g/mol. The summed E-state index contributed by atoms with van der Waals surface area (Å²) in [5, 5.41) is 0. The highest BCUT2D eigenvalue weighted by Crippen LogP contribution is 2.14. The maximum Gasteiger partial charge on any atom is -0.0386 e. The van der Waals surface area contributed by atoms with E-state index in [1.165, 1.54) is 44.9 Å². The van der Waals surface area contributed by atoms with Crippen LogP contribution in [0.4, 0.5) is 0 Å². The average molecular weight is 145 g/mol. The van der Waals surface area contributed by atoms with E-state index in [2.05, 4.69) is 6.42 Å². The van der Waals surface area contributed by atoms with Gasteiger partial charge in [-0.25, -0.2) is 0 Å². The van der Waals surface area contributed by atoms with Crippen molar-refractivity contribution in [2.45, 2.75) is 44.9 Å². The quantitative estimate of drug-likeness (QED) is 0.549. The second-order valence-corrected chi connectivity index (χ2v) is 2.63. The lowest BCUT2D eigenvalue weighted by molar-refractivity contribution is 0.565. The highest BCUT2D eigenvalue weighted by molar-refractivity contribution is 4.66. The molecule has 2 nitrogen and oxygen atoms in total. The molecule has 1 saturated carbocycles. The predicted octanol–water partition coefficient (Wildman–Crippen LogP) is 3.26. The van der Waals surface area contributed by atoms with Gasteiger partial charge in [0.2, 0.25) is 0 Å². The summed E-state index contributed by atoms with van der Waals surface area (Å²) in [5.74, 6) is 0. The summed E-state index contributed by atoms with van der Waals surface area (Å²) in [6.45, 7) is 0. The first-order chi connectivity index (χ1) is 4.00. The van der Waals surface area contributed by atoms with Crippen molar-refractivity contribution in [2.75, 3.05) is 0 Å². The van der Waals surface area contributed by atoms with Crippen molar-refractivity contribution in [1.29, 1.82) is 0 Å². The van der Waals surface area contributed by atoms with E-state index in [9.17, 15) is 0 Å². The molecule has 0 aromatic carbocycles. The lowest BCUT2D eigenvalue weighted by atomic mass is 10.0. The van der Waals surface area contributed by atoms with E-state index in [1.54, 1.807) is 0 Å². The normalized spacial score (nSPS) is 19.2. The van der Waals surface area contributed by atoms with Gasteiger partial charge in [-0.2, -0.15) is 0 Å². The van der Waals surface area contributed by atoms with Gasteiger partial charge < -0.3 is 12.3 Å². The van der Waals surface area contributed by atoms with Gasteiger partial charge in [-0.15, -0.1) is 0 Å². The van der Waals surface area contributed by atoms with E-state index in [-0.39, 0.29) is 12.3 Å². The summed E-state index contributed by atoms with van der Waals surface area (Å²) in [7, 11) is 0. The fraction of sp³-hybridized carbons (Fsp3) is 0.875. The molecule has 6 N–H and O–H groups in total. The van der Waals surface area contributed by atoms with Crippen LogP contribution >= 0.6 is 0 Å². The smallest absolute Gasteiger partial charge is 0.0386 e. The Hall–Kier alpha value is -0.0800.